The van der Waals surface area contributed by atoms with Crippen LogP contribution in [0.3, 0.4) is 0 Å². The Balaban J connectivity index is 1.38. The van der Waals surface area contributed by atoms with Crippen molar-refractivity contribution in [2.24, 2.45) is 0 Å². The van der Waals surface area contributed by atoms with E-state index in [9.17, 15) is 9.59 Å². The van der Waals surface area contributed by atoms with Crippen molar-refractivity contribution in [1.82, 2.24) is 20.3 Å². The van der Waals surface area contributed by atoms with Crippen LogP contribution in [0.5, 0.6) is 0 Å². The third-order valence-electron chi connectivity index (χ3n) is 6.14. The van der Waals surface area contributed by atoms with Crippen LogP contribution in [0.1, 0.15) is 43.6 Å². The number of fused-ring (bicyclic) bond motifs is 1. The molecule has 0 amide bonds. The third kappa shape index (κ3) is 5.29. The summed E-state index contributed by atoms with van der Waals surface area (Å²) in [6, 6.07) is 27.9. The first-order valence-corrected chi connectivity index (χ1v) is 12.0. The summed E-state index contributed by atoms with van der Waals surface area (Å²) < 4.78 is 0. The number of ketones is 2. The zero-order valence-corrected chi connectivity index (χ0v) is 19.7. The Bertz CT molecular complexity index is 1450. The van der Waals surface area contributed by atoms with Gasteiger partial charge in [0.2, 0.25) is 0 Å². The molecule has 0 spiro atoms. The van der Waals surface area contributed by atoms with Crippen LogP contribution in [0.4, 0.5) is 0 Å². The van der Waals surface area contributed by atoms with Crippen molar-refractivity contribution in [3.8, 4) is 0 Å². The molecule has 2 N–H and O–H groups in total. The Morgan fingerprint density at radius 2 is 1.50 bits per heavy atom. The Kier molecular flexibility index (Phi) is 7.05. The van der Waals surface area contributed by atoms with Crippen molar-refractivity contribution >= 4 is 22.6 Å². The summed E-state index contributed by atoms with van der Waals surface area (Å²) in [4.78, 5) is 39.2. The van der Waals surface area contributed by atoms with Gasteiger partial charge in [-0.1, -0.05) is 60.7 Å². The van der Waals surface area contributed by atoms with Crippen molar-refractivity contribution in [2.75, 3.05) is 6.54 Å². The molecule has 2 heterocycles. The Labute approximate surface area is 209 Å². The van der Waals surface area contributed by atoms with Crippen molar-refractivity contribution in [1.29, 1.82) is 0 Å². The molecule has 6 heteroatoms. The van der Waals surface area contributed by atoms with E-state index in [1.807, 2.05) is 60.7 Å². The van der Waals surface area contributed by atoms with Crippen LogP contribution < -0.4 is 5.32 Å². The fourth-order valence-electron chi connectivity index (χ4n) is 4.26. The van der Waals surface area contributed by atoms with Gasteiger partial charge in [-0.2, -0.15) is 0 Å². The van der Waals surface area contributed by atoms with Crippen LogP contribution in [0.25, 0.3) is 11.0 Å². The maximum absolute atomic E-state index is 13.8. The highest BCUT2D eigenvalue weighted by Crippen LogP contribution is 2.26. The first-order valence-electron chi connectivity index (χ1n) is 12.0. The first kappa shape index (κ1) is 23.3. The second-order valence-corrected chi connectivity index (χ2v) is 8.65. The Morgan fingerprint density at radius 3 is 2.31 bits per heavy atom. The largest absolute Gasteiger partial charge is 0.341 e. The molecular weight excluding hydrogens is 448 g/mol. The average molecular weight is 475 g/mol. The van der Waals surface area contributed by atoms with Gasteiger partial charge in [-0.15, -0.1) is 0 Å². The van der Waals surface area contributed by atoms with Crippen LogP contribution in [-0.4, -0.2) is 33.1 Å². The topological polar surface area (TPSA) is 87.7 Å². The molecule has 178 valence electrons. The number of nitrogens with zero attached hydrogens (tertiary/aromatic N) is 2. The molecule has 1 atom stereocenters. The number of aromatic nitrogens is 3. The quantitative estimate of drug-likeness (QED) is 0.166. The molecule has 0 bridgehead atoms. The van der Waals surface area contributed by atoms with Crippen molar-refractivity contribution in [3.05, 3.63) is 131 Å². The number of carbonyl (C=O) groups excluding carboxylic acids is 2. The predicted octanol–water partition coefficient (Wildman–Crippen LogP) is 5.14. The molecule has 1 unspecified atom stereocenters. The number of hydrogen-bond acceptors (Lipinski definition) is 5. The van der Waals surface area contributed by atoms with E-state index in [0.717, 1.165) is 29.6 Å². The molecule has 0 saturated carbocycles. The van der Waals surface area contributed by atoms with E-state index >= 15 is 0 Å². The first-order chi connectivity index (χ1) is 17.7. The number of Topliss-reactive ketones (excluding diaryl/α,β-unsaturated/α-hetero) is 2. The molecule has 36 heavy (non-hydrogen) atoms. The highest BCUT2D eigenvalue weighted by molar-refractivity contribution is 6.19. The van der Waals surface area contributed by atoms with E-state index in [1.165, 1.54) is 5.56 Å². The van der Waals surface area contributed by atoms with Gasteiger partial charge >= 0.3 is 0 Å². The predicted molar refractivity (Wildman–Crippen MR) is 140 cm³/mol. The van der Waals surface area contributed by atoms with Crippen LogP contribution in [0.2, 0.25) is 0 Å². The number of nitrogens with one attached hydrogen (secondary N) is 2. The van der Waals surface area contributed by atoms with Gasteiger partial charge in [-0.05, 0) is 54.4 Å². The SMILES string of the molecule is O=C(c1ccccc1)C(C(=O)c1cccc(CNCCc2ccncc2)c1)c1nc2ccccc2[nH]1. The van der Waals surface area contributed by atoms with Crippen molar-refractivity contribution in [2.45, 2.75) is 18.9 Å². The van der Waals surface area contributed by atoms with Crippen LogP contribution >= 0.6 is 0 Å². The fourth-order valence-corrected chi connectivity index (χ4v) is 4.26. The molecule has 0 aliphatic heterocycles. The van der Waals surface area contributed by atoms with Gasteiger partial charge in [0.05, 0.1) is 11.0 Å². The monoisotopic (exact) mass is 474 g/mol. The zero-order chi connectivity index (χ0) is 24.7. The Hall–Kier alpha value is -4.42. The molecule has 0 fully saturated rings. The number of carbonyl (C=O) groups is 2. The van der Waals surface area contributed by atoms with Gasteiger partial charge in [0.15, 0.2) is 11.6 Å². The second-order valence-electron chi connectivity index (χ2n) is 8.65. The van der Waals surface area contributed by atoms with E-state index < -0.39 is 5.92 Å². The molecule has 6 nitrogen and oxygen atoms in total. The summed E-state index contributed by atoms with van der Waals surface area (Å²) in [5, 5.41) is 3.43. The molecule has 0 aliphatic rings. The van der Waals surface area contributed by atoms with Gasteiger partial charge in [-0.3, -0.25) is 14.6 Å². The molecule has 0 saturated heterocycles. The molecule has 5 aromatic rings. The van der Waals surface area contributed by atoms with E-state index in [0.29, 0.717) is 23.5 Å². The molecule has 0 aliphatic carbocycles. The number of benzene rings is 3. The van der Waals surface area contributed by atoms with E-state index in [-0.39, 0.29) is 11.6 Å². The summed E-state index contributed by atoms with van der Waals surface area (Å²) in [6.45, 7) is 1.42. The summed E-state index contributed by atoms with van der Waals surface area (Å²) in [5.41, 5.74) is 4.67. The smallest absolute Gasteiger partial charge is 0.181 e. The minimum absolute atomic E-state index is 0.276. The molecule has 2 aromatic heterocycles. The normalized spacial score (nSPS) is 11.9. The van der Waals surface area contributed by atoms with Gasteiger partial charge in [-0.25, -0.2) is 4.98 Å². The zero-order valence-electron chi connectivity index (χ0n) is 19.7. The van der Waals surface area contributed by atoms with E-state index in [4.69, 9.17) is 0 Å². The van der Waals surface area contributed by atoms with Gasteiger partial charge < -0.3 is 10.3 Å². The standard InChI is InChI=1S/C30H26N4O2/c35-28(23-8-2-1-3-9-23)27(30-33-25-11-4-5-12-26(25)34-30)29(36)24-10-6-7-22(19-24)20-32-18-15-21-13-16-31-17-14-21/h1-14,16-17,19,27,32H,15,18,20H2,(H,33,34). The number of para-hydroxylation sites is 2. The lowest BCUT2D eigenvalue weighted by molar-refractivity contribution is 0.0856. The number of rotatable bonds is 10. The van der Waals surface area contributed by atoms with Crippen LogP contribution in [0.15, 0.2) is 103 Å². The minimum Gasteiger partial charge on any atom is -0.341 e. The van der Waals surface area contributed by atoms with Gasteiger partial charge in [0, 0.05) is 30.1 Å². The summed E-state index contributed by atoms with van der Waals surface area (Å²) in [6.07, 6.45) is 4.47. The highest BCUT2D eigenvalue weighted by atomic mass is 16.2. The number of imidazole rings is 1. The lowest BCUT2D eigenvalue weighted by atomic mass is 9.89. The third-order valence-corrected chi connectivity index (χ3v) is 6.14. The average Bonchev–Trinajstić information content (AvgIpc) is 3.36. The lowest BCUT2D eigenvalue weighted by Gasteiger charge is -2.14. The van der Waals surface area contributed by atoms with Gasteiger partial charge in [0.1, 0.15) is 11.7 Å². The van der Waals surface area contributed by atoms with Gasteiger partial charge in [0.25, 0.3) is 0 Å². The van der Waals surface area contributed by atoms with E-state index in [2.05, 4.69) is 20.3 Å². The number of hydrogen-bond donors (Lipinski definition) is 2. The van der Waals surface area contributed by atoms with E-state index in [1.54, 1.807) is 42.7 Å². The van der Waals surface area contributed by atoms with Crippen molar-refractivity contribution < 1.29 is 9.59 Å². The molecule has 5 rings (SSSR count). The van der Waals surface area contributed by atoms with Crippen LogP contribution in [0, 0.1) is 0 Å². The van der Waals surface area contributed by atoms with Crippen LogP contribution in [-0.2, 0) is 13.0 Å². The maximum atomic E-state index is 13.8. The number of pyridine rings is 1. The number of H-pyrrole nitrogens is 1. The summed E-state index contributed by atoms with van der Waals surface area (Å²) >= 11 is 0. The minimum atomic E-state index is -1.06. The lowest BCUT2D eigenvalue weighted by Crippen LogP contribution is -2.24. The summed E-state index contributed by atoms with van der Waals surface area (Å²) in [7, 11) is 0. The maximum Gasteiger partial charge on any atom is 0.181 e. The fraction of sp³-hybridized carbons (Fsp3) is 0.133. The number of aromatic amines is 1. The molecule has 3 aromatic carbocycles. The molecular formula is C30H26N4O2. The van der Waals surface area contributed by atoms with Crippen molar-refractivity contribution in [3.63, 3.8) is 0 Å². The highest BCUT2D eigenvalue weighted by Gasteiger charge is 2.33. The molecule has 0 radical (unpaired) electrons. The second kappa shape index (κ2) is 10.9. The summed E-state index contributed by atoms with van der Waals surface area (Å²) in [5.74, 6) is -1.26. The Morgan fingerprint density at radius 1 is 0.778 bits per heavy atom.